The lowest BCUT2D eigenvalue weighted by molar-refractivity contribution is -0.192. The molecule has 1 aliphatic heterocycles. The molecule has 2 rings (SSSR count). The van der Waals surface area contributed by atoms with Crippen molar-refractivity contribution in [3.8, 4) is 0 Å². The highest BCUT2D eigenvalue weighted by molar-refractivity contribution is 5.73. The molecule has 0 radical (unpaired) electrons. The zero-order valence-corrected chi connectivity index (χ0v) is 14.3. The average molecular weight is 363 g/mol. The molecule has 0 aromatic heterocycles. The number of benzene rings is 1. The van der Waals surface area contributed by atoms with Crippen LogP contribution in [0.1, 0.15) is 12.0 Å². The summed E-state index contributed by atoms with van der Waals surface area (Å²) >= 11 is 0. The van der Waals surface area contributed by atoms with E-state index in [4.69, 9.17) is 19.4 Å². The molecule has 5 nitrogen and oxygen atoms in total. The maximum atomic E-state index is 10.6. The fourth-order valence-corrected chi connectivity index (χ4v) is 2.76. The summed E-state index contributed by atoms with van der Waals surface area (Å²) in [5.41, 5.74) is 1.38. The Morgan fingerprint density at radius 1 is 1.28 bits per heavy atom. The van der Waals surface area contributed by atoms with Gasteiger partial charge in [0.1, 0.15) is 0 Å². The molecule has 0 saturated carbocycles. The molecule has 25 heavy (non-hydrogen) atoms. The van der Waals surface area contributed by atoms with Crippen LogP contribution in [0, 0.1) is 0 Å². The second-order valence-electron chi connectivity index (χ2n) is 5.65. The predicted octanol–water partition coefficient (Wildman–Crippen LogP) is 2.60. The summed E-state index contributed by atoms with van der Waals surface area (Å²) in [5, 5.41) is 7.12. The van der Waals surface area contributed by atoms with Crippen molar-refractivity contribution in [3.05, 3.63) is 35.9 Å². The zero-order valence-electron chi connectivity index (χ0n) is 14.3. The Labute approximate surface area is 145 Å². The molecule has 1 N–H and O–H groups in total. The lowest BCUT2D eigenvalue weighted by atomic mass is 10.0. The summed E-state index contributed by atoms with van der Waals surface area (Å²) in [4.78, 5) is 11.4. The van der Waals surface area contributed by atoms with E-state index < -0.39 is 12.1 Å². The van der Waals surface area contributed by atoms with Gasteiger partial charge in [-0.05, 0) is 18.4 Å². The minimum atomic E-state index is -5.08. The Morgan fingerprint density at radius 2 is 1.88 bits per heavy atom. The smallest absolute Gasteiger partial charge is 0.475 e. The van der Waals surface area contributed by atoms with Crippen LogP contribution in [0.15, 0.2) is 30.3 Å². The van der Waals surface area contributed by atoms with Crippen molar-refractivity contribution in [2.24, 2.45) is 0 Å². The molecule has 1 saturated heterocycles. The monoisotopic (exact) mass is 363 g/mol. The summed E-state index contributed by atoms with van der Waals surface area (Å²) in [6.45, 7) is 2.90. The topological polar surface area (TPSA) is 59.0 Å². The number of likely N-dealkylation sites (tertiary alicyclic amines) is 1. The van der Waals surface area contributed by atoms with Gasteiger partial charge in [-0.25, -0.2) is 4.79 Å². The highest BCUT2D eigenvalue weighted by Crippen LogP contribution is 2.23. The van der Waals surface area contributed by atoms with Crippen molar-refractivity contribution in [2.75, 3.05) is 33.9 Å². The SMILES string of the molecule is COCCN1CC[C@@H](OC)[C@@H]1Cc1ccccc1.O=C(O)C(F)(F)F. The van der Waals surface area contributed by atoms with E-state index in [9.17, 15) is 13.2 Å². The molecule has 0 unspecified atom stereocenters. The van der Waals surface area contributed by atoms with E-state index in [1.807, 2.05) is 7.11 Å². The minimum absolute atomic E-state index is 0.349. The number of nitrogens with zero attached hydrogens (tertiary/aromatic N) is 1. The lowest BCUT2D eigenvalue weighted by Crippen LogP contribution is -2.39. The van der Waals surface area contributed by atoms with Crippen LogP contribution in [0.3, 0.4) is 0 Å². The third-order valence-corrected chi connectivity index (χ3v) is 4.01. The molecule has 1 aromatic carbocycles. The molecule has 2 atom stereocenters. The van der Waals surface area contributed by atoms with Crippen LogP contribution in [0.2, 0.25) is 0 Å². The number of ether oxygens (including phenoxy) is 2. The third kappa shape index (κ3) is 7.41. The van der Waals surface area contributed by atoms with Crippen LogP contribution in [0.5, 0.6) is 0 Å². The van der Waals surface area contributed by atoms with Crippen molar-refractivity contribution in [2.45, 2.75) is 31.2 Å². The lowest BCUT2D eigenvalue weighted by Gasteiger charge is -2.27. The molecule has 1 aliphatic rings. The quantitative estimate of drug-likeness (QED) is 0.842. The first-order valence-corrected chi connectivity index (χ1v) is 7.89. The van der Waals surface area contributed by atoms with Crippen LogP contribution in [-0.4, -0.2) is 68.2 Å². The summed E-state index contributed by atoms with van der Waals surface area (Å²) in [7, 11) is 3.58. The fourth-order valence-electron chi connectivity index (χ4n) is 2.76. The molecule has 142 valence electrons. The first kappa shape index (κ1) is 21.4. The second-order valence-corrected chi connectivity index (χ2v) is 5.65. The molecule has 0 aliphatic carbocycles. The van der Waals surface area contributed by atoms with Gasteiger partial charge in [0, 0.05) is 33.4 Å². The van der Waals surface area contributed by atoms with Crippen LogP contribution in [0.4, 0.5) is 13.2 Å². The number of hydrogen-bond acceptors (Lipinski definition) is 4. The summed E-state index contributed by atoms with van der Waals surface area (Å²) in [6.07, 6.45) is -2.55. The third-order valence-electron chi connectivity index (χ3n) is 4.01. The molecule has 0 spiro atoms. The first-order chi connectivity index (χ1) is 11.8. The number of hydrogen-bond donors (Lipinski definition) is 1. The van der Waals surface area contributed by atoms with Gasteiger partial charge in [-0.3, -0.25) is 4.90 Å². The van der Waals surface area contributed by atoms with E-state index in [-0.39, 0.29) is 0 Å². The molecule has 8 heteroatoms. The summed E-state index contributed by atoms with van der Waals surface area (Å²) in [5.74, 6) is -2.76. The number of methoxy groups -OCH3 is 2. The Kier molecular flexibility index (Phi) is 8.88. The molecular weight excluding hydrogens is 339 g/mol. The summed E-state index contributed by atoms with van der Waals surface area (Å²) in [6, 6.07) is 11.1. The zero-order chi connectivity index (χ0) is 18.9. The van der Waals surface area contributed by atoms with Crippen LogP contribution < -0.4 is 0 Å². The predicted molar refractivity (Wildman–Crippen MR) is 86.5 cm³/mol. The number of aliphatic carboxylic acids is 1. The Bertz CT molecular complexity index is 510. The Morgan fingerprint density at radius 3 is 2.36 bits per heavy atom. The number of alkyl halides is 3. The largest absolute Gasteiger partial charge is 0.490 e. The van der Waals surface area contributed by atoms with Gasteiger partial charge in [-0.2, -0.15) is 13.2 Å². The van der Waals surface area contributed by atoms with Crippen LogP contribution in [0.25, 0.3) is 0 Å². The van der Waals surface area contributed by atoms with E-state index in [1.54, 1.807) is 7.11 Å². The van der Waals surface area contributed by atoms with E-state index >= 15 is 0 Å². The minimum Gasteiger partial charge on any atom is -0.475 e. The number of carboxylic acid groups (broad SMARTS) is 1. The second kappa shape index (κ2) is 10.4. The normalized spacial score (nSPS) is 20.8. The van der Waals surface area contributed by atoms with Crippen molar-refractivity contribution >= 4 is 5.97 Å². The number of carboxylic acids is 1. The van der Waals surface area contributed by atoms with Gasteiger partial charge < -0.3 is 14.6 Å². The van der Waals surface area contributed by atoms with Gasteiger partial charge in [-0.15, -0.1) is 0 Å². The highest BCUT2D eigenvalue weighted by Gasteiger charge is 2.38. The van der Waals surface area contributed by atoms with Crippen LogP contribution in [-0.2, 0) is 20.7 Å². The van der Waals surface area contributed by atoms with Gasteiger partial charge in [0.25, 0.3) is 0 Å². The van der Waals surface area contributed by atoms with E-state index in [1.165, 1.54) is 5.56 Å². The number of carbonyl (C=O) groups is 1. The standard InChI is InChI=1S/C15H23NO2.C2HF3O2/c1-17-11-10-16-9-8-15(18-2)14(16)12-13-6-4-3-5-7-13;3-2(4,5)1(6)7/h3-7,14-15H,8-12H2,1-2H3;(H,6,7)/t14-,15+;/m0./s1. The van der Waals surface area contributed by atoms with E-state index in [0.29, 0.717) is 12.1 Å². The van der Waals surface area contributed by atoms with Crippen molar-refractivity contribution < 1.29 is 32.5 Å². The highest BCUT2D eigenvalue weighted by atomic mass is 19.4. The van der Waals surface area contributed by atoms with Crippen molar-refractivity contribution in [3.63, 3.8) is 0 Å². The number of rotatable bonds is 6. The van der Waals surface area contributed by atoms with Crippen LogP contribution >= 0.6 is 0 Å². The fraction of sp³-hybridized carbons (Fsp3) is 0.588. The Hall–Kier alpha value is -1.64. The first-order valence-electron chi connectivity index (χ1n) is 7.89. The van der Waals surface area contributed by atoms with Gasteiger partial charge >= 0.3 is 12.1 Å². The Balaban J connectivity index is 0.000000381. The molecule has 1 fully saturated rings. The molecule has 1 aromatic rings. The molecular formula is C17H24F3NO4. The van der Waals surface area contributed by atoms with Gasteiger partial charge in [0.05, 0.1) is 12.7 Å². The average Bonchev–Trinajstić information content (AvgIpc) is 2.95. The van der Waals surface area contributed by atoms with E-state index in [0.717, 1.165) is 32.5 Å². The molecule has 1 heterocycles. The van der Waals surface area contributed by atoms with Crippen molar-refractivity contribution in [1.82, 2.24) is 4.90 Å². The molecule has 0 amide bonds. The maximum absolute atomic E-state index is 10.6. The molecule has 0 bridgehead atoms. The van der Waals surface area contributed by atoms with Gasteiger partial charge in [-0.1, -0.05) is 30.3 Å². The van der Waals surface area contributed by atoms with Crippen molar-refractivity contribution in [1.29, 1.82) is 0 Å². The van der Waals surface area contributed by atoms with Gasteiger partial charge in [0.2, 0.25) is 0 Å². The number of halogens is 3. The van der Waals surface area contributed by atoms with E-state index in [2.05, 4.69) is 35.2 Å². The van der Waals surface area contributed by atoms with Gasteiger partial charge in [0.15, 0.2) is 0 Å². The maximum Gasteiger partial charge on any atom is 0.490 e. The summed E-state index contributed by atoms with van der Waals surface area (Å²) < 4.78 is 42.5.